The molecule has 134 valence electrons. The summed E-state index contributed by atoms with van der Waals surface area (Å²) in [5, 5.41) is 12.0. The molecule has 0 aliphatic carbocycles. The third-order valence-corrected chi connectivity index (χ3v) is 3.71. The molecular formula is C19H20N4O2S. The molecule has 0 saturated heterocycles. The van der Waals surface area contributed by atoms with Crippen LogP contribution in [0.3, 0.4) is 0 Å². The summed E-state index contributed by atoms with van der Waals surface area (Å²) in [5.74, 6) is 0.586. The Morgan fingerprint density at radius 3 is 2.35 bits per heavy atom. The molecule has 0 saturated carbocycles. The van der Waals surface area contributed by atoms with Gasteiger partial charge in [-0.25, -0.2) is 0 Å². The molecule has 0 fully saturated rings. The van der Waals surface area contributed by atoms with E-state index >= 15 is 0 Å². The quantitative estimate of drug-likeness (QED) is 0.555. The number of nitrogens with one attached hydrogen (secondary N) is 3. The molecule has 0 spiro atoms. The molecule has 0 bridgehead atoms. The predicted molar refractivity (Wildman–Crippen MR) is 105 cm³/mol. The van der Waals surface area contributed by atoms with Gasteiger partial charge < -0.3 is 10.1 Å². The van der Waals surface area contributed by atoms with Gasteiger partial charge in [0.05, 0.1) is 11.6 Å². The number of nitrogens with zero attached hydrogens (tertiary/aromatic N) is 1. The number of rotatable bonds is 5. The number of anilines is 1. The van der Waals surface area contributed by atoms with Crippen molar-refractivity contribution in [3.8, 4) is 11.8 Å². The first kappa shape index (κ1) is 19.2. The molecule has 0 heterocycles. The number of hydrazine groups is 1. The maximum Gasteiger partial charge on any atom is 0.276 e. The van der Waals surface area contributed by atoms with Gasteiger partial charge in [0.2, 0.25) is 0 Å². The van der Waals surface area contributed by atoms with E-state index in [-0.39, 0.29) is 17.6 Å². The lowest BCUT2D eigenvalue weighted by Gasteiger charge is -2.13. The van der Waals surface area contributed by atoms with E-state index < -0.39 is 0 Å². The van der Waals surface area contributed by atoms with Crippen LogP contribution < -0.4 is 20.9 Å². The molecule has 0 aliphatic rings. The van der Waals surface area contributed by atoms with Crippen LogP contribution in [0.4, 0.5) is 5.69 Å². The molecule has 0 aliphatic heterocycles. The van der Waals surface area contributed by atoms with E-state index in [4.69, 9.17) is 22.2 Å². The van der Waals surface area contributed by atoms with Crippen molar-refractivity contribution in [3.63, 3.8) is 0 Å². The monoisotopic (exact) mass is 368 g/mol. The second-order valence-electron chi connectivity index (χ2n) is 5.83. The number of nitriles is 1. The van der Waals surface area contributed by atoms with Gasteiger partial charge in [0.15, 0.2) is 11.7 Å². The van der Waals surface area contributed by atoms with Gasteiger partial charge >= 0.3 is 0 Å². The lowest BCUT2D eigenvalue weighted by atomic mass is 10.0. The Kier molecular flexibility index (Phi) is 6.94. The Labute approximate surface area is 158 Å². The van der Waals surface area contributed by atoms with Crippen molar-refractivity contribution in [1.82, 2.24) is 10.9 Å². The number of amides is 1. The predicted octanol–water partition coefficient (Wildman–Crippen LogP) is 3.08. The molecule has 7 heteroatoms. The largest absolute Gasteiger partial charge is 0.484 e. The molecule has 1 amide bonds. The number of thiocarbonyl (C=S) groups is 1. The highest BCUT2D eigenvalue weighted by Gasteiger charge is 2.05. The molecule has 0 atom stereocenters. The topological polar surface area (TPSA) is 86.2 Å². The highest BCUT2D eigenvalue weighted by Crippen LogP contribution is 2.17. The van der Waals surface area contributed by atoms with E-state index in [1.165, 1.54) is 5.56 Å². The van der Waals surface area contributed by atoms with Crippen molar-refractivity contribution in [2.75, 3.05) is 11.9 Å². The zero-order chi connectivity index (χ0) is 18.9. The lowest BCUT2D eigenvalue weighted by molar-refractivity contribution is -0.123. The van der Waals surface area contributed by atoms with E-state index in [0.717, 1.165) is 5.69 Å². The van der Waals surface area contributed by atoms with E-state index in [0.29, 0.717) is 17.2 Å². The van der Waals surface area contributed by atoms with Crippen molar-refractivity contribution >= 4 is 28.9 Å². The Bertz CT molecular complexity index is 796. The molecule has 2 aromatic rings. The van der Waals surface area contributed by atoms with Crippen LogP contribution in [-0.2, 0) is 4.79 Å². The fourth-order valence-corrected chi connectivity index (χ4v) is 2.22. The normalized spacial score (nSPS) is 9.92. The van der Waals surface area contributed by atoms with Gasteiger partial charge in [0.25, 0.3) is 5.91 Å². The van der Waals surface area contributed by atoms with Crippen LogP contribution >= 0.6 is 12.2 Å². The van der Waals surface area contributed by atoms with Crippen LogP contribution in [0.25, 0.3) is 0 Å². The molecule has 3 N–H and O–H groups in total. The van der Waals surface area contributed by atoms with Crippen LogP contribution in [0.2, 0.25) is 0 Å². The number of carbonyl (C=O) groups is 1. The van der Waals surface area contributed by atoms with Crippen LogP contribution in [0, 0.1) is 11.3 Å². The van der Waals surface area contributed by atoms with Gasteiger partial charge in [-0.05, 0) is 60.1 Å². The summed E-state index contributed by atoms with van der Waals surface area (Å²) >= 11 is 5.14. The molecule has 26 heavy (non-hydrogen) atoms. The van der Waals surface area contributed by atoms with Crippen LogP contribution in [-0.4, -0.2) is 17.6 Å². The van der Waals surface area contributed by atoms with Crippen molar-refractivity contribution in [1.29, 1.82) is 5.26 Å². The summed E-state index contributed by atoms with van der Waals surface area (Å²) in [4.78, 5) is 11.8. The minimum Gasteiger partial charge on any atom is -0.484 e. The fourth-order valence-electron chi connectivity index (χ4n) is 2.05. The number of hydrogen-bond donors (Lipinski definition) is 3. The van der Waals surface area contributed by atoms with Gasteiger partial charge in [0, 0.05) is 5.69 Å². The summed E-state index contributed by atoms with van der Waals surface area (Å²) in [6, 6.07) is 16.4. The Morgan fingerprint density at radius 2 is 1.77 bits per heavy atom. The summed E-state index contributed by atoms with van der Waals surface area (Å²) in [7, 11) is 0. The molecule has 0 radical (unpaired) electrons. The highest BCUT2D eigenvalue weighted by molar-refractivity contribution is 7.80. The summed E-state index contributed by atoms with van der Waals surface area (Å²) in [6.07, 6.45) is 0. The van der Waals surface area contributed by atoms with Crippen molar-refractivity contribution in [2.45, 2.75) is 19.8 Å². The van der Waals surface area contributed by atoms with Crippen LogP contribution in [0.5, 0.6) is 5.75 Å². The number of ether oxygens (including phenoxy) is 1. The zero-order valence-corrected chi connectivity index (χ0v) is 15.4. The van der Waals surface area contributed by atoms with Gasteiger partial charge in [-0.3, -0.25) is 15.6 Å². The average molecular weight is 368 g/mol. The Hall–Kier alpha value is -3.11. The summed E-state index contributed by atoms with van der Waals surface area (Å²) in [5.41, 5.74) is 7.67. The Balaban J connectivity index is 1.72. The first-order valence-corrected chi connectivity index (χ1v) is 8.47. The van der Waals surface area contributed by atoms with Gasteiger partial charge in [-0.15, -0.1) is 0 Å². The second-order valence-corrected chi connectivity index (χ2v) is 6.24. The maximum atomic E-state index is 11.8. The average Bonchev–Trinajstić information content (AvgIpc) is 2.65. The van der Waals surface area contributed by atoms with E-state index in [2.05, 4.69) is 30.0 Å². The van der Waals surface area contributed by atoms with Crippen LogP contribution in [0.15, 0.2) is 48.5 Å². The summed E-state index contributed by atoms with van der Waals surface area (Å²) in [6.45, 7) is 4.08. The number of benzene rings is 2. The first-order chi connectivity index (χ1) is 12.5. The standard InChI is InChI=1S/C19H20N4O2S/c1-13(2)15-5-7-16(8-6-15)21-19(26)23-22-18(24)12-25-17-9-3-14(11-20)4-10-17/h3-10,13H,12H2,1-2H3,(H,22,24)(H2,21,23,26). The molecule has 2 rings (SSSR count). The molecule has 0 unspecified atom stereocenters. The third-order valence-electron chi connectivity index (χ3n) is 3.50. The Morgan fingerprint density at radius 1 is 1.12 bits per heavy atom. The van der Waals surface area contributed by atoms with E-state index in [9.17, 15) is 4.79 Å². The SMILES string of the molecule is CC(C)c1ccc(NC(=S)NNC(=O)COc2ccc(C#N)cc2)cc1. The van der Waals surface area contributed by atoms with E-state index in [1.54, 1.807) is 24.3 Å². The minimum absolute atomic E-state index is 0.176. The van der Waals surface area contributed by atoms with Gasteiger partial charge in [-0.1, -0.05) is 26.0 Å². The molecule has 0 aromatic heterocycles. The number of carbonyl (C=O) groups excluding carboxylic acids is 1. The zero-order valence-electron chi connectivity index (χ0n) is 14.6. The van der Waals surface area contributed by atoms with Gasteiger partial charge in [-0.2, -0.15) is 5.26 Å². The third kappa shape index (κ3) is 6.07. The maximum absolute atomic E-state index is 11.8. The number of hydrogen-bond acceptors (Lipinski definition) is 4. The molecule has 6 nitrogen and oxygen atoms in total. The first-order valence-electron chi connectivity index (χ1n) is 8.06. The van der Waals surface area contributed by atoms with Crippen LogP contribution in [0.1, 0.15) is 30.9 Å². The smallest absolute Gasteiger partial charge is 0.276 e. The molecular weight excluding hydrogens is 348 g/mol. The second kappa shape index (κ2) is 9.39. The lowest BCUT2D eigenvalue weighted by Crippen LogP contribution is -2.45. The summed E-state index contributed by atoms with van der Waals surface area (Å²) < 4.78 is 5.33. The minimum atomic E-state index is -0.381. The highest BCUT2D eigenvalue weighted by atomic mass is 32.1. The van der Waals surface area contributed by atoms with Crippen molar-refractivity contribution < 1.29 is 9.53 Å². The van der Waals surface area contributed by atoms with Crippen molar-refractivity contribution in [3.05, 3.63) is 59.7 Å². The van der Waals surface area contributed by atoms with Crippen molar-refractivity contribution in [2.24, 2.45) is 0 Å². The molecule has 2 aromatic carbocycles. The fraction of sp³-hybridized carbons (Fsp3) is 0.211. The van der Waals surface area contributed by atoms with Gasteiger partial charge in [0.1, 0.15) is 5.75 Å². The van der Waals surface area contributed by atoms with E-state index in [1.807, 2.05) is 30.3 Å².